The zero-order valence-electron chi connectivity index (χ0n) is 9.85. The lowest BCUT2D eigenvalue weighted by atomic mass is 10.2. The van der Waals surface area contributed by atoms with Crippen molar-refractivity contribution in [2.45, 2.75) is 20.4 Å². The number of benzene rings is 1. The first-order valence-electron chi connectivity index (χ1n) is 5.49. The van der Waals surface area contributed by atoms with E-state index in [-0.39, 0.29) is 0 Å². The summed E-state index contributed by atoms with van der Waals surface area (Å²) in [5.41, 5.74) is 2.51. The summed E-state index contributed by atoms with van der Waals surface area (Å²) in [7, 11) is 0. The van der Waals surface area contributed by atoms with Crippen LogP contribution in [0.15, 0.2) is 24.3 Å². The molecule has 0 unspecified atom stereocenters. The molecule has 3 nitrogen and oxygen atoms in total. The molecule has 90 valence electrons. The summed E-state index contributed by atoms with van der Waals surface area (Å²) in [6, 6.07) is 8.35. The Morgan fingerprint density at radius 3 is 2.65 bits per heavy atom. The topological polar surface area (TPSA) is 29.0 Å². The van der Waals surface area contributed by atoms with Gasteiger partial charge in [0.15, 0.2) is 0 Å². The number of hydrogen-bond acceptors (Lipinski definition) is 4. The van der Waals surface area contributed by atoms with Gasteiger partial charge < -0.3 is 4.90 Å². The maximum Gasteiger partial charge on any atom is 0.207 e. The van der Waals surface area contributed by atoms with Gasteiger partial charge in [-0.25, -0.2) is 0 Å². The molecule has 2 aromatic rings. The first-order valence-corrected chi connectivity index (χ1v) is 6.68. The van der Waals surface area contributed by atoms with Crippen LogP contribution in [-0.4, -0.2) is 16.7 Å². The monoisotopic (exact) mass is 267 g/mol. The number of hydrogen-bond donors (Lipinski definition) is 0. The summed E-state index contributed by atoms with van der Waals surface area (Å²) in [5, 5.41) is 8.83. The van der Waals surface area contributed by atoms with Gasteiger partial charge in [-0.05, 0) is 37.1 Å². The molecule has 17 heavy (non-hydrogen) atoms. The van der Waals surface area contributed by atoms with E-state index in [0.29, 0.717) is 4.47 Å². The molecule has 0 atom stereocenters. The summed E-state index contributed by atoms with van der Waals surface area (Å²) in [4.78, 5) is 2.27. The molecule has 0 aliphatic rings. The molecule has 1 aromatic carbocycles. The smallest absolute Gasteiger partial charge is 0.207 e. The molecule has 0 amide bonds. The first-order chi connectivity index (χ1) is 8.20. The van der Waals surface area contributed by atoms with Gasteiger partial charge in [0.05, 0.1) is 6.54 Å². The largest absolute Gasteiger partial charge is 0.365 e. The Balaban J connectivity index is 2.20. The minimum absolute atomic E-state index is 0.501. The highest BCUT2D eigenvalue weighted by Crippen LogP contribution is 2.23. The normalized spacial score (nSPS) is 10.5. The van der Waals surface area contributed by atoms with Crippen LogP contribution in [0.5, 0.6) is 0 Å². The van der Waals surface area contributed by atoms with E-state index in [1.54, 1.807) is 0 Å². The van der Waals surface area contributed by atoms with Gasteiger partial charge in [0.2, 0.25) is 4.47 Å². The van der Waals surface area contributed by atoms with Crippen LogP contribution < -0.4 is 4.90 Å². The van der Waals surface area contributed by atoms with Crippen LogP contribution in [0.25, 0.3) is 0 Å². The average Bonchev–Trinajstić information content (AvgIpc) is 2.73. The third kappa shape index (κ3) is 2.96. The Labute approximate surface area is 110 Å². The summed E-state index contributed by atoms with van der Waals surface area (Å²) in [6.07, 6.45) is 0. The maximum absolute atomic E-state index is 5.79. The van der Waals surface area contributed by atoms with Gasteiger partial charge in [-0.3, -0.25) is 0 Å². The van der Waals surface area contributed by atoms with Crippen LogP contribution in [0, 0.1) is 6.92 Å². The van der Waals surface area contributed by atoms with Crippen LogP contribution in [0.3, 0.4) is 0 Å². The molecular weight excluding hydrogens is 254 g/mol. The Bertz CT molecular complexity index is 498. The zero-order chi connectivity index (χ0) is 12.3. The number of aromatic nitrogens is 2. The average molecular weight is 268 g/mol. The van der Waals surface area contributed by atoms with Crippen molar-refractivity contribution in [2.75, 3.05) is 11.4 Å². The molecule has 5 heteroatoms. The third-order valence-electron chi connectivity index (χ3n) is 2.61. The molecule has 0 aliphatic heterocycles. The highest BCUT2D eigenvalue weighted by molar-refractivity contribution is 7.15. The quantitative estimate of drug-likeness (QED) is 0.849. The van der Waals surface area contributed by atoms with Crippen molar-refractivity contribution >= 4 is 28.6 Å². The molecule has 2 rings (SSSR count). The molecule has 0 saturated carbocycles. The highest BCUT2D eigenvalue weighted by Gasteiger charge is 2.10. The number of para-hydroxylation sites is 1. The van der Waals surface area contributed by atoms with Gasteiger partial charge in [-0.2, -0.15) is 0 Å². The lowest BCUT2D eigenvalue weighted by Gasteiger charge is -2.23. The summed E-state index contributed by atoms with van der Waals surface area (Å²) in [5.74, 6) is 0. The zero-order valence-corrected chi connectivity index (χ0v) is 11.4. The molecule has 0 bridgehead atoms. The fraction of sp³-hybridized carbons (Fsp3) is 0.333. The van der Waals surface area contributed by atoms with E-state index in [1.807, 2.05) is 0 Å². The molecule has 1 heterocycles. The fourth-order valence-corrected chi connectivity index (χ4v) is 2.63. The van der Waals surface area contributed by atoms with E-state index in [2.05, 4.69) is 53.2 Å². The molecular formula is C12H14ClN3S. The van der Waals surface area contributed by atoms with Crippen LogP contribution in [0.1, 0.15) is 17.5 Å². The lowest BCUT2D eigenvalue weighted by molar-refractivity contribution is 0.808. The van der Waals surface area contributed by atoms with Crippen molar-refractivity contribution in [3.8, 4) is 0 Å². The Morgan fingerprint density at radius 2 is 2.06 bits per heavy atom. The van der Waals surface area contributed by atoms with Crippen molar-refractivity contribution in [2.24, 2.45) is 0 Å². The van der Waals surface area contributed by atoms with E-state index >= 15 is 0 Å². The Kier molecular flexibility index (Phi) is 3.97. The van der Waals surface area contributed by atoms with Crippen LogP contribution in [0.2, 0.25) is 4.47 Å². The van der Waals surface area contributed by atoms with Crippen molar-refractivity contribution < 1.29 is 0 Å². The molecule has 0 fully saturated rings. The van der Waals surface area contributed by atoms with E-state index in [0.717, 1.165) is 18.1 Å². The Morgan fingerprint density at radius 1 is 1.29 bits per heavy atom. The molecule has 0 spiro atoms. The van der Waals surface area contributed by atoms with Crippen molar-refractivity contribution in [1.29, 1.82) is 0 Å². The number of anilines is 1. The second kappa shape index (κ2) is 5.47. The van der Waals surface area contributed by atoms with E-state index in [1.165, 1.54) is 22.6 Å². The van der Waals surface area contributed by atoms with Gasteiger partial charge in [0.1, 0.15) is 5.01 Å². The SMILES string of the molecule is CCN(Cc1nnc(Cl)s1)c1ccccc1C. The van der Waals surface area contributed by atoms with Gasteiger partial charge in [-0.1, -0.05) is 29.5 Å². The maximum atomic E-state index is 5.79. The summed E-state index contributed by atoms with van der Waals surface area (Å²) < 4.78 is 0.501. The van der Waals surface area contributed by atoms with Crippen LogP contribution >= 0.6 is 22.9 Å². The Hall–Kier alpha value is -1.13. The van der Waals surface area contributed by atoms with Gasteiger partial charge in [-0.15, -0.1) is 10.2 Å². The van der Waals surface area contributed by atoms with Gasteiger partial charge >= 0.3 is 0 Å². The fourth-order valence-electron chi connectivity index (χ4n) is 1.75. The van der Waals surface area contributed by atoms with E-state index < -0.39 is 0 Å². The third-order valence-corrected chi connectivity index (χ3v) is 3.61. The number of halogens is 1. The first kappa shape index (κ1) is 12.3. The van der Waals surface area contributed by atoms with Crippen molar-refractivity contribution in [3.63, 3.8) is 0 Å². The van der Waals surface area contributed by atoms with Gasteiger partial charge in [0, 0.05) is 12.2 Å². The van der Waals surface area contributed by atoms with Crippen molar-refractivity contribution in [1.82, 2.24) is 10.2 Å². The molecule has 0 saturated heterocycles. The van der Waals surface area contributed by atoms with Crippen LogP contribution in [0.4, 0.5) is 5.69 Å². The predicted molar refractivity (Wildman–Crippen MR) is 72.8 cm³/mol. The van der Waals surface area contributed by atoms with E-state index in [4.69, 9.17) is 11.6 Å². The molecule has 0 aliphatic carbocycles. The number of aryl methyl sites for hydroxylation is 1. The van der Waals surface area contributed by atoms with Crippen molar-refractivity contribution in [3.05, 3.63) is 39.3 Å². The predicted octanol–water partition coefficient (Wildman–Crippen LogP) is 3.53. The molecule has 0 radical (unpaired) electrons. The summed E-state index contributed by atoms with van der Waals surface area (Å²) >= 11 is 7.22. The van der Waals surface area contributed by atoms with E-state index in [9.17, 15) is 0 Å². The lowest BCUT2D eigenvalue weighted by Crippen LogP contribution is -2.22. The van der Waals surface area contributed by atoms with Crippen LogP contribution in [-0.2, 0) is 6.54 Å². The number of rotatable bonds is 4. The summed E-state index contributed by atoms with van der Waals surface area (Å²) in [6.45, 7) is 5.94. The number of nitrogens with zero attached hydrogens (tertiary/aromatic N) is 3. The minimum Gasteiger partial charge on any atom is -0.365 e. The minimum atomic E-state index is 0.501. The molecule has 1 aromatic heterocycles. The van der Waals surface area contributed by atoms with Gasteiger partial charge in [0.25, 0.3) is 0 Å². The molecule has 0 N–H and O–H groups in total. The standard InChI is InChI=1S/C12H14ClN3S/c1-3-16(8-11-14-15-12(13)17-11)10-7-5-4-6-9(10)2/h4-7H,3,8H2,1-2H3. The second-order valence-electron chi connectivity index (χ2n) is 3.75. The highest BCUT2D eigenvalue weighted by atomic mass is 35.5. The second-order valence-corrected chi connectivity index (χ2v) is 5.39.